The average Bonchev–Trinajstić information content (AvgIpc) is 3.20. The lowest BCUT2D eigenvalue weighted by Gasteiger charge is -2.18. The van der Waals surface area contributed by atoms with E-state index in [2.05, 4.69) is 4.98 Å². The van der Waals surface area contributed by atoms with Crippen LogP contribution in [-0.2, 0) is 7.05 Å². The Labute approximate surface area is 155 Å². The minimum Gasteiger partial charge on any atom is -0.466 e. The van der Waals surface area contributed by atoms with Crippen LogP contribution in [0.1, 0.15) is 22.0 Å². The topological polar surface area (TPSA) is 113 Å². The molecule has 0 saturated carbocycles. The van der Waals surface area contributed by atoms with E-state index in [9.17, 15) is 14.7 Å². The number of furan rings is 1. The number of aryl methyl sites for hydroxylation is 2. The van der Waals surface area contributed by atoms with Gasteiger partial charge in [-0.05, 0) is 19.9 Å². The molecule has 0 aromatic carbocycles. The molecule has 1 atom stereocenters. The number of aliphatic hydroxyl groups is 2. The van der Waals surface area contributed by atoms with Crippen molar-refractivity contribution in [1.29, 1.82) is 0 Å². The predicted molar refractivity (Wildman–Crippen MR) is 97.7 cm³/mol. The Morgan fingerprint density at radius 1 is 1.37 bits per heavy atom. The molecular formula is C18H22N4O5. The number of imidazole rings is 1. The maximum Gasteiger partial charge on any atom is 0.294 e. The van der Waals surface area contributed by atoms with Crippen molar-refractivity contribution in [2.45, 2.75) is 20.0 Å². The zero-order chi connectivity index (χ0) is 19.9. The number of amides is 1. The van der Waals surface area contributed by atoms with E-state index >= 15 is 0 Å². The Kier molecular flexibility index (Phi) is 4.90. The fourth-order valence-electron chi connectivity index (χ4n) is 3.02. The van der Waals surface area contributed by atoms with Gasteiger partial charge < -0.3 is 24.1 Å². The Balaban J connectivity index is 2.06. The summed E-state index contributed by atoms with van der Waals surface area (Å²) >= 11 is 0. The van der Waals surface area contributed by atoms with Gasteiger partial charge in [0.15, 0.2) is 0 Å². The lowest BCUT2D eigenvalue weighted by Crippen LogP contribution is -2.36. The number of rotatable bonds is 5. The monoisotopic (exact) mass is 374 g/mol. The molecule has 0 spiro atoms. The van der Waals surface area contributed by atoms with E-state index in [4.69, 9.17) is 9.52 Å². The summed E-state index contributed by atoms with van der Waals surface area (Å²) in [5.74, 6) is 0.974. The molecule has 3 heterocycles. The minimum atomic E-state index is -1.04. The first-order valence-electron chi connectivity index (χ1n) is 8.43. The van der Waals surface area contributed by atoms with Crippen LogP contribution in [0.5, 0.6) is 0 Å². The fraction of sp³-hybridized carbons (Fsp3) is 0.389. The Hall–Kier alpha value is -2.91. The zero-order valence-corrected chi connectivity index (χ0v) is 15.6. The van der Waals surface area contributed by atoms with Crippen molar-refractivity contribution in [1.82, 2.24) is 18.9 Å². The van der Waals surface area contributed by atoms with Gasteiger partial charge in [0.05, 0.1) is 18.4 Å². The lowest BCUT2D eigenvalue weighted by molar-refractivity contribution is 0.0517. The van der Waals surface area contributed by atoms with Crippen molar-refractivity contribution in [2.24, 2.45) is 7.05 Å². The van der Waals surface area contributed by atoms with Crippen molar-refractivity contribution >= 4 is 11.6 Å². The molecule has 0 aliphatic heterocycles. The van der Waals surface area contributed by atoms with E-state index < -0.39 is 18.6 Å². The quantitative estimate of drug-likeness (QED) is 0.666. The Bertz CT molecular complexity index is 1060. The van der Waals surface area contributed by atoms with Gasteiger partial charge in [-0.2, -0.15) is 0 Å². The molecule has 0 bridgehead atoms. The fourth-order valence-corrected chi connectivity index (χ4v) is 3.02. The molecule has 3 rings (SSSR count). The number of carbonyl (C=O) groups is 1. The van der Waals surface area contributed by atoms with E-state index in [-0.39, 0.29) is 23.4 Å². The van der Waals surface area contributed by atoms with Crippen LogP contribution >= 0.6 is 0 Å². The lowest BCUT2D eigenvalue weighted by atomic mass is 10.2. The summed E-state index contributed by atoms with van der Waals surface area (Å²) in [6.07, 6.45) is 2.16. The number of aliphatic hydroxyl groups excluding tert-OH is 2. The molecule has 3 aromatic rings. The Morgan fingerprint density at radius 3 is 2.67 bits per heavy atom. The van der Waals surface area contributed by atoms with Gasteiger partial charge in [0, 0.05) is 38.6 Å². The average molecular weight is 374 g/mol. The van der Waals surface area contributed by atoms with Crippen molar-refractivity contribution in [3.63, 3.8) is 0 Å². The van der Waals surface area contributed by atoms with Crippen LogP contribution in [0, 0.1) is 13.8 Å². The minimum absolute atomic E-state index is 0.0417. The summed E-state index contributed by atoms with van der Waals surface area (Å²) < 4.78 is 8.54. The van der Waals surface area contributed by atoms with E-state index in [0.717, 1.165) is 11.3 Å². The summed E-state index contributed by atoms with van der Waals surface area (Å²) in [4.78, 5) is 30.6. The number of hydrogen-bond donors (Lipinski definition) is 2. The molecule has 27 heavy (non-hydrogen) atoms. The van der Waals surface area contributed by atoms with E-state index in [0.29, 0.717) is 11.5 Å². The molecule has 0 aliphatic rings. The number of aromatic nitrogens is 3. The summed E-state index contributed by atoms with van der Waals surface area (Å²) in [6, 6.07) is 1.85. The van der Waals surface area contributed by atoms with E-state index in [1.807, 2.05) is 19.9 Å². The Morgan fingerprint density at radius 2 is 2.07 bits per heavy atom. The molecular weight excluding hydrogens is 352 g/mol. The van der Waals surface area contributed by atoms with Gasteiger partial charge in [-0.25, -0.2) is 4.98 Å². The third-order valence-electron chi connectivity index (χ3n) is 4.43. The zero-order valence-electron chi connectivity index (χ0n) is 15.6. The first-order valence-corrected chi connectivity index (χ1v) is 8.43. The van der Waals surface area contributed by atoms with Crippen LogP contribution in [-0.4, -0.2) is 61.3 Å². The van der Waals surface area contributed by atoms with Crippen LogP contribution in [0.3, 0.4) is 0 Å². The maximum absolute atomic E-state index is 12.7. The third kappa shape index (κ3) is 3.38. The van der Waals surface area contributed by atoms with Crippen molar-refractivity contribution in [2.75, 3.05) is 20.2 Å². The number of carbonyl (C=O) groups excluding carboxylic acids is 1. The first-order chi connectivity index (χ1) is 12.7. The van der Waals surface area contributed by atoms with E-state index in [1.165, 1.54) is 27.1 Å². The van der Waals surface area contributed by atoms with Crippen LogP contribution < -0.4 is 5.56 Å². The molecule has 3 aromatic heterocycles. The van der Waals surface area contributed by atoms with Crippen molar-refractivity contribution in [3.8, 4) is 11.3 Å². The van der Waals surface area contributed by atoms with Gasteiger partial charge in [0.1, 0.15) is 17.2 Å². The predicted octanol–water partition coefficient (Wildman–Crippen LogP) is 0.335. The molecule has 0 fully saturated rings. The summed E-state index contributed by atoms with van der Waals surface area (Å²) in [7, 11) is 3.13. The highest BCUT2D eigenvalue weighted by atomic mass is 16.3. The van der Waals surface area contributed by atoms with Crippen LogP contribution in [0.4, 0.5) is 0 Å². The van der Waals surface area contributed by atoms with Gasteiger partial charge in [0.2, 0.25) is 5.65 Å². The first kappa shape index (κ1) is 18.9. The van der Waals surface area contributed by atoms with Crippen LogP contribution in [0.15, 0.2) is 27.7 Å². The molecule has 0 aliphatic carbocycles. The normalized spacial score (nSPS) is 12.5. The summed E-state index contributed by atoms with van der Waals surface area (Å²) in [5.41, 5.74) is 1.29. The van der Waals surface area contributed by atoms with Crippen LogP contribution in [0.25, 0.3) is 16.9 Å². The highest BCUT2D eigenvalue weighted by Gasteiger charge is 2.21. The van der Waals surface area contributed by atoms with Gasteiger partial charge in [0.25, 0.3) is 11.5 Å². The number of nitrogens with zero attached hydrogens (tertiary/aromatic N) is 4. The molecule has 0 radical (unpaired) electrons. The van der Waals surface area contributed by atoms with Gasteiger partial charge in [-0.15, -0.1) is 0 Å². The number of likely N-dealkylation sites (N-methyl/N-ethyl adjacent to an activating group) is 1. The second-order valence-corrected chi connectivity index (χ2v) is 6.58. The van der Waals surface area contributed by atoms with Gasteiger partial charge >= 0.3 is 0 Å². The molecule has 9 heteroatoms. The van der Waals surface area contributed by atoms with E-state index in [1.54, 1.807) is 13.2 Å². The second-order valence-electron chi connectivity index (χ2n) is 6.58. The summed E-state index contributed by atoms with van der Waals surface area (Å²) in [5, 5.41) is 18.4. The molecule has 0 saturated heterocycles. The maximum atomic E-state index is 12.7. The SMILES string of the molecule is Cc1cc(-c2cn3cc(C(=O)N(C)C[C@H](O)CO)nc3c(=O)n2C)c(C)o1. The third-order valence-corrected chi connectivity index (χ3v) is 4.43. The molecule has 9 nitrogen and oxygen atoms in total. The number of fused-ring (bicyclic) bond motifs is 1. The van der Waals surface area contributed by atoms with Gasteiger partial charge in [-0.1, -0.05) is 0 Å². The molecule has 1 amide bonds. The highest BCUT2D eigenvalue weighted by molar-refractivity contribution is 5.92. The standard InChI is InChI=1S/C18H22N4O5/c1-10-5-13(11(2)27-10)15-8-22-7-14(19-16(22)18(26)21(15)4)17(25)20(3)6-12(24)9-23/h5,7-8,12,23-24H,6,9H2,1-4H3/t12-/m0/s1. The molecule has 144 valence electrons. The molecule has 0 unspecified atom stereocenters. The highest BCUT2D eigenvalue weighted by Crippen LogP contribution is 2.25. The smallest absolute Gasteiger partial charge is 0.294 e. The number of hydrogen-bond acceptors (Lipinski definition) is 6. The molecule has 2 N–H and O–H groups in total. The largest absolute Gasteiger partial charge is 0.466 e. The van der Waals surface area contributed by atoms with Crippen LogP contribution in [0.2, 0.25) is 0 Å². The summed E-state index contributed by atoms with van der Waals surface area (Å²) in [6.45, 7) is 3.16. The second kappa shape index (κ2) is 7.01. The van der Waals surface area contributed by atoms with Crippen molar-refractivity contribution < 1.29 is 19.4 Å². The van der Waals surface area contributed by atoms with Gasteiger partial charge in [-0.3, -0.25) is 14.0 Å². The van der Waals surface area contributed by atoms with Crippen molar-refractivity contribution in [3.05, 3.63) is 46.0 Å².